The minimum Gasteiger partial charge on any atom is -0.496 e. The Bertz CT molecular complexity index is 881. The van der Waals surface area contributed by atoms with Gasteiger partial charge >= 0.3 is 0 Å². The van der Waals surface area contributed by atoms with E-state index in [9.17, 15) is 4.79 Å². The minimum atomic E-state index is 0.0258. The van der Waals surface area contributed by atoms with Crippen LogP contribution >= 0.6 is 27.3 Å². The maximum absolute atomic E-state index is 12.1. The molecule has 0 saturated heterocycles. The van der Waals surface area contributed by atoms with Crippen LogP contribution in [0.4, 0.5) is 0 Å². The summed E-state index contributed by atoms with van der Waals surface area (Å²) >= 11 is 5.12. The number of aromatic nitrogens is 1. The zero-order valence-electron chi connectivity index (χ0n) is 14.4. The lowest BCUT2D eigenvalue weighted by atomic mass is 10.1. The molecule has 134 valence electrons. The third-order valence-corrected chi connectivity index (χ3v) is 5.30. The number of benzene rings is 1. The summed E-state index contributed by atoms with van der Waals surface area (Å²) in [5.41, 5.74) is 4.31. The maximum atomic E-state index is 12.1. The largest absolute Gasteiger partial charge is 0.496 e. The van der Waals surface area contributed by atoms with E-state index in [1.165, 1.54) is 0 Å². The SMILES string of the molecule is COc1ccc(CCC(=O)NCc2cncc(-c3ccsc3)c2)cc1Br. The Labute approximate surface area is 165 Å². The first-order valence-corrected chi connectivity index (χ1v) is 9.95. The van der Waals surface area contributed by atoms with Crippen molar-refractivity contribution in [1.29, 1.82) is 0 Å². The van der Waals surface area contributed by atoms with Crippen molar-refractivity contribution >= 4 is 33.2 Å². The molecule has 0 fully saturated rings. The number of hydrogen-bond acceptors (Lipinski definition) is 4. The highest BCUT2D eigenvalue weighted by atomic mass is 79.9. The molecule has 3 aromatic rings. The standard InChI is InChI=1S/C20H19BrN2O2S/c1-25-19-4-2-14(9-18(19)21)3-5-20(24)23-11-15-8-17(12-22-10-15)16-6-7-26-13-16/h2,4,6-10,12-13H,3,5,11H2,1H3,(H,23,24). The van der Waals surface area contributed by atoms with Crippen LogP contribution < -0.4 is 10.1 Å². The summed E-state index contributed by atoms with van der Waals surface area (Å²) in [6.45, 7) is 0.482. The molecular formula is C20H19BrN2O2S. The van der Waals surface area contributed by atoms with Crippen LogP contribution in [0.5, 0.6) is 5.75 Å². The van der Waals surface area contributed by atoms with Gasteiger partial charge in [0, 0.05) is 30.9 Å². The Morgan fingerprint density at radius 2 is 2.08 bits per heavy atom. The summed E-state index contributed by atoms with van der Waals surface area (Å²) in [6, 6.07) is 10.00. The highest BCUT2D eigenvalue weighted by Crippen LogP contribution is 2.26. The second kappa shape index (κ2) is 8.96. The van der Waals surface area contributed by atoms with Gasteiger partial charge in [0.1, 0.15) is 5.75 Å². The Morgan fingerprint density at radius 1 is 1.19 bits per heavy atom. The molecule has 3 rings (SSSR count). The molecule has 6 heteroatoms. The van der Waals surface area contributed by atoms with E-state index in [-0.39, 0.29) is 5.91 Å². The van der Waals surface area contributed by atoms with Crippen molar-refractivity contribution in [2.45, 2.75) is 19.4 Å². The Balaban J connectivity index is 1.51. The number of aryl methyl sites for hydroxylation is 1. The van der Waals surface area contributed by atoms with Crippen molar-refractivity contribution in [2.75, 3.05) is 7.11 Å². The number of carbonyl (C=O) groups is 1. The van der Waals surface area contributed by atoms with Gasteiger partial charge in [-0.05, 0) is 74.1 Å². The van der Waals surface area contributed by atoms with Gasteiger partial charge in [-0.15, -0.1) is 0 Å². The lowest BCUT2D eigenvalue weighted by molar-refractivity contribution is -0.121. The van der Waals surface area contributed by atoms with E-state index in [1.807, 2.05) is 29.8 Å². The summed E-state index contributed by atoms with van der Waals surface area (Å²) in [5, 5.41) is 7.10. The molecule has 2 aromatic heterocycles. The number of rotatable bonds is 7. The van der Waals surface area contributed by atoms with Crippen LogP contribution in [-0.2, 0) is 17.8 Å². The molecule has 26 heavy (non-hydrogen) atoms. The van der Waals surface area contributed by atoms with Crippen LogP contribution in [0.25, 0.3) is 11.1 Å². The lowest BCUT2D eigenvalue weighted by Gasteiger charge is -2.08. The number of pyridine rings is 1. The fraction of sp³-hybridized carbons (Fsp3) is 0.200. The Kier molecular flexibility index (Phi) is 6.41. The molecule has 1 N–H and O–H groups in total. The average molecular weight is 431 g/mol. The van der Waals surface area contributed by atoms with Gasteiger partial charge in [-0.2, -0.15) is 11.3 Å². The molecule has 0 radical (unpaired) electrons. The van der Waals surface area contributed by atoms with E-state index < -0.39 is 0 Å². The first-order valence-electron chi connectivity index (χ1n) is 8.21. The van der Waals surface area contributed by atoms with Gasteiger partial charge in [0.15, 0.2) is 0 Å². The molecular weight excluding hydrogens is 412 g/mol. The number of halogens is 1. The van der Waals surface area contributed by atoms with Crippen molar-refractivity contribution in [3.8, 4) is 16.9 Å². The molecule has 0 aliphatic heterocycles. The number of nitrogens with zero attached hydrogens (tertiary/aromatic N) is 1. The van der Waals surface area contributed by atoms with Gasteiger partial charge < -0.3 is 10.1 Å². The molecule has 0 unspecified atom stereocenters. The quantitative estimate of drug-likeness (QED) is 0.583. The molecule has 0 aliphatic carbocycles. The number of hydrogen-bond donors (Lipinski definition) is 1. The molecule has 1 amide bonds. The number of amides is 1. The summed E-state index contributed by atoms with van der Waals surface area (Å²) < 4.78 is 6.12. The maximum Gasteiger partial charge on any atom is 0.220 e. The fourth-order valence-corrected chi connectivity index (χ4v) is 3.84. The van der Waals surface area contributed by atoms with Crippen LogP contribution in [0.3, 0.4) is 0 Å². The molecule has 2 heterocycles. The summed E-state index contributed by atoms with van der Waals surface area (Å²) in [6.07, 6.45) is 4.75. The van der Waals surface area contributed by atoms with Crippen molar-refractivity contribution in [2.24, 2.45) is 0 Å². The molecule has 0 aliphatic rings. The third kappa shape index (κ3) is 4.93. The van der Waals surface area contributed by atoms with Crippen LogP contribution in [0.15, 0.2) is 58.0 Å². The van der Waals surface area contributed by atoms with Gasteiger partial charge in [-0.25, -0.2) is 0 Å². The van der Waals surface area contributed by atoms with Gasteiger partial charge in [0.2, 0.25) is 5.91 Å². The second-order valence-electron chi connectivity index (χ2n) is 5.84. The van der Waals surface area contributed by atoms with E-state index >= 15 is 0 Å². The normalized spacial score (nSPS) is 10.5. The van der Waals surface area contributed by atoms with Gasteiger partial charge in [-0.1, -0.05) is 6.07 Å². The molecule has 0 bridgehead atoms. The summed E-state index contributed by atoms with van der Waals surface area (Å²) in [7, 11) is 1.63. The summed E-state index contributed by atoms with van der Waals surface area (Å²) in [4.78, 5) is 16.4. The van der Waals surface area contributed by atoms with E-state index in [0.29, 0.717) is 19.4 Å². The van der Waals surface area contributed by atoms with E-state index in [1.54, 1.807) is 24.6 Å². The van der Waals surface area contributed by atoms with Crippen molar-refractivity contribution in [3.05, 3.63) is 69.1 Å². The summed E-state index contributed by atoms with van der Waals surface area (Å²) in [5.74, 6) is 0.814. The highest BCUT2D eigenvalue weighted by Gasteiger charge is 2.06. The van der Waals surface area contributed by atoms with Gasteiger partial charge in [0.05, 0.1) is 11.6 Å². The van der Waals surface area contributed by atoms with Crippen LogP contribution in [0.1, 0.15) is 17.5 Å². The van der Waals surface area contributed by atoms with E-state index in [0.717, 1.165) is 32.5 Å². The van der Waals surface area contributed by atoms with E-state index in [2.05, 4.69) is 43.7 Å². The predicted octanol–water partition coefficient (Wildman–Crippen LogP) is 4.83. The molecule has 0 atom stereocenters. The second-order valence-corrected chi connectivity index (χ2v) is 7.47. The van der Waals surface area contributed by atoms with Crippen LogP contribution in [-0.4, -0.2) is 18.0 Å². The smallest absolute Gasteiger partial charge is 0.220 e. The molecule has 1 aromatic carbocycles. The zero-order valence-corrected chi connectivity index (χ0v) is 16.8. The number of thiophene rings is 1. The van der Waals surface area contributed by atoms with E-state index in [4.69, 9.17) is 4.74 Å². The minimum absolute atomic E-state index is 0.0258. The number of nitrogens with one attached hydrogen (secondary N) is 1. The van der Waals surface area contributed by atoms with Gasteiger partial charge in [-0.3, -0.25) is 9.78 Å². The molecule has 0 saturated carbocycles. The van der Waals surface area contributed by atoms with Crippen molar-refractivity contribution < 1.29 is 9.53 Å². The Hall–Kier alpha value is -2.18. The van der Waals surface area contributed by atoms with Crippen LogP contribution in [0, 0.1) is 0 Å². The first kappa shape index (κ1) is 18.6. The third-order valence-electron chi connectivity index (χ3n) is 4.00. The Morgan fingerprint density at radius 3 is 2.81 bits per heavy atom. The van der Waals surface area contributed by atoms with Crippen LogP contribution in [0.2, 0.25) is 0 Å². The zero-order chi connectivity index (χ0) is 18.4. The molecule has 4 nitrogen and oxygen atoms in total. The lowest BCUT2D eigenvalue weighted by Crippen LogP contribution is -2.23. The van der Waals surface area contributed by atoms with Crippen molar-refractivity contribution in [3.63, 3.8) is 0 Å². The monoisotopic (exact) mass is 430 g/mol. The number of methoxy groups -OCH3 is 1. The molecule has 0 spiro atoms. The number of carbonyl (C=O) groups excluding carboxylic acids is 1. The highest BCUT2D eigenvalue weighted by molar-refractivity contribution is 9.10. The average Bonchev–Trinajstić information content (AvgIpc) is 3.20. The first-order chi connectivity index (χ1) is 12.7. The van der Waals surface area contributed by atoms with Crippen molar-refractivity contribution in [1.82, 2.24) is 10.3 Å². The van der Waals surface area contributed by atoms with Gasteiger partial charge in [0.25, 0.3) is 0 Å². The predicted molar refractivity (Wildman–Crippen MR) is 108 cm³/mol. The fourth-order valence-electron chi connectivity index (χ4n) is 2.58. The number of ether oxygens (including phenoxy) is 1. The topological polar surface area (TPSA) is 51.2 Å².